The van der Waals surface area contributed by atoms with Gasteiger partial charge in [-0.2, -0.15) is 0 Å². The zero-order valence-electron chi connectivity index (χ0n) is 13.5. The first-order valence-electron chi connectivity index (χ1n) is 7.83. The van der Waals surface area contributed by atoms with E-state index in [9.17, 15) is 14.4 Å². The van der Waals surface area contributed by atoms with E-state index in [2.05, 4.69) is 17.6 Å². The van der Waals surface area contributed by atoms with E-state index in [1.54, 1.807) is 0 Å². The van der Waals surface area contributed by atoms with Crippen molar-refractivity contribution in [1.29, 1.82) is 0 Å². The van der Waals surface area contributed by atoms with Crippen LogP contribution in [0.15, 0.2) is 18.2 Å². The smallest absolute Gasteiger partial charge is 0.252 e. The molecule has 1 aromatic rings. The highest BCUT2D eigenvalue weighted by Gasteiger charge is 2.20. The summed E-state index contributed by atoms with van der Waals surface area (Å²) in [4.78, 5) is 32.0. The van der Waals surface area contributed by atoms with Gasteiger partial charge in [0.1, 0.15) is 0 Å². The highest BCUT2D eigenvalue weighted by atomic mass is 16.2. The average Bonchev–Trinajstić information content (AvgIpc) is 2.91. The third kappa shape index (κ3) is 4.69. The molecule has 0 unspecified atom stereocenters. The summed E-state index contributed by atoms with van der Waals surface area (Å²) in [6, 6.07) is 6.04. The van der Waals surface area contributed by atoms with Crippen LogP contribution in [0.25, 0.3) is 0 Å². The van der Waals surface area contributed by atoms with Crippen LogP contribution in [0.1, 0.15) is 61.5 Å². The van der Waals surface area contributed by atoms with Crippen molar-refractivity contribution >= 4 is 17.7 Å². The third-order valence-corrected chi connectivity index (χ3v) is 3.37. The molecule has 2 heterocycles. The van der Waals surface area contributed by atoms with Crippen molar-refractivity contribution < 1.29 is 14.4 Å². The summed E-state index contributed by atoms with van der Waals surface area (Å²) in [7, 11) is 0. The normalized spacial score (nSPS) is 15.5. The lowest BCUT2D eigenvalue weighted by Crippen LogP contribution is -2.33. The molecule has 0 atom stereocenters. The fourth-order valence-corrected chi connectivity index (χ4v) is 2.34. The lowest BCUT2D eigenvalue weighted by Gasteiger charge is -2.07. The Morgan fingerprint density at radius 2 is 1.68 bits per heavy atom. The van der Waals surface area contributed by atoms with Gasteiger partial charge in [0.2, 0.25) is 11.8 Å². The Hall–Kier alpha value is -2.17. The van der Waals surface area contributed by atoms with Crippen LogP contribution in [-0.2, 0) is 22.6 Å². The molecule has 2 N–H and O–H groups in total. The van der Waals surface area contributed by atoms with Gasteiger partial charge in [0.05, 0.1) is 0 Å². The molecule has 22 heavy (non-hydrogen) atoms. The van der Waals surface area contributed by atoms with Gasteiger partial charge >= 0.3 is 0 Å². The van der Waals surface area contributed by atoms with Gasteiger partial charge in [-0.25, -0.2) is 0 Å². The molecule has 2 aliphatic rings. The van der Waals surface area contributed by atoms with E-state index in [4.69, 9.17) is 0 Å². The minimum Gasteiger partial charge on any atom is -0.348 e. The van der Waals surface area contributed by atoms with Gasteiger partial charge in [-0.1, -0.05) is 39.0 Å². The first kappa shape index (κ1) is 17.9. The highest BCUT2D eigenvalue weighted by molar-refractivity contribution is 5.99. The second kappa shape index (κ2) is 8.97. The van der Waals surface area contributed by atoms with Gasteiger partial charge in [-0.3, -0.25) is 19.7 Å². The van der Waals surface area contributed by atoms with Crippen LogP contribution in [0, 0.1) is 0 Å². The van der Waals surface area contributed by atoms with Crippen LogP contribution in [0.3, 0.4) is 0 Å². The van der Waals surface area contributed by atoms with E-state index in [1.165, 1.54) is 0 Å². The minimum atomic E-state index is -0.138. The Morgan fingerprint density at radius 3 is 2.18 bits per heavy atom. The summed E-state index contributed by atoms with van der Waals surface area (Å²) >= 11 is 0. The van der Waals surface area contributed by atoms with Crippen LogP contribution in [0.4, 0.5) is 0 Å². The average molecular weight is 304 g/mol. The second-order valence-corrected chi connectivity index (χ2v) is 4.81. The molecule has 1 saturated heterocycles. The summed E-state index contributed by atoms with van der Waals surface area (Å²) in [5.41, 5.74) is 3.20. The number of rotatable bonds is 1. The maximum Gasteiger partial charge on any atom is 0.252 e. The van der Waals surface area contributed by atoms with E-state index >= 15 is 0 Å². The lowest BCUT2D eigenvalue weighted by molar-refractivity contribution is -0.132. The maximum absolute atomic E-state index is 11.3. The standard InChI is InChI=1S/C10H11NO.C5H7NO2.C2H6/c1-2-7-4-3-5-8-6-11-10(12)9(7)8;7-4-2-1-3-5(8)6-4;1-2/h3-5H,2,6H2,1H3,(H,11,12);1-3H2,(H,6,7,8);1-2H3. The molecule has 0 bridgehead atoms. The molecule has 0 aromatic heterocycles. The SMILES string of the molecule is CC.CCc1cccc2c1C(=O)NC2.O=C1CCCC(=O)N1. The summed E-state index contributed by atoms with van der Waals surface area (Å²) in [6.45, 7) is 6.77. The van der Waals surface area contributed by atoms with Gasteiger partial charge in [0.25, 0.3) is 5.91 Å². The molecule has 1 aromatic carbocycles. The van der Waals surface area contributed by atoms with Crippen molar-refractivity contribution in [3.05, 3.63) is 34.9 Å². The van der Waals surface area contributed by atoms with Crippen molar-refractivity contribution in [3.8, 4) is 0 Å². The van der Waals surface area contributed by atoms with Crippen molar-refractivity contribution in [2.75, 3.05) is 0 Å². The molecule has 0 radical (unpaired) electrons. The highest BCUT2D eigenvalue weighted by Crippen LogP contribution is 2.19. The molecule has 5 nitrogen and oxygen atoms in total. The van der Waals surface area contributed by atoms with E-state index in [1.807, 2.05) is 32.0 Å². The topological polar surface area (TPSA) is 75.3 Å². The molecular formula is C17H24N2O3. The lowest BCUT2D eigenvalue weighted by atomic mass is 10.0. The molecule has 120 valence electrons. The molecule has 2 aliphatic heterocycles. The van der Waals surface area contributed by atoms with Crippen molar-refractivity contribution in [1.82, 2.24) is 10.6 Å². The molecule has 0 saturated carbocycles. The van der Waals surface area contributed by atoms with Gasteiger partial charge in [0.15, 0.2) is 0 Å². The summed E-state index contributed by atoms with van der Waals surface area (Å²) in [5, 5.41) is 5.02. The van der Waals surface area contributed by atoms with E-state index in [0.29, 0.717) is 25.8 Å². The number of imide groups is 1. The van der Waals surface area contributed by atoms with Gasteiger partial charge in [0, 0.05) is 24.9 Å². The van der Waals surface area contributed by atoms with Gasteiger partial charge in [-0.15, -0.1) is 0 Å². The number of piperidine rings is 1. The summed E-state index contributed by atoms with van der Waals surface area (Å²) in [6.07, 6.45) is 2.65. The number of carbonyl (C=O) groups excluding carboxylic acids is 3. The van der Waals surface area contributed by atoms with Crippen LogP contribution < -0.4 is 10.6 Å². The fourth-order valence-electron chi connectivity index (χ4n) is 2.34. The summed E-state index contributed by atoms with van der Waals surface area (Å²) in [5.74, 6) is -0.190. The monoisotopic (exact) mass is 304 g/mol. The number of amides is 3. The van der Waals surface area contributed by atoms with E-state index < -0.39 is 0 Å². The Morgan fingerprint density at radius 1 is 1.05 bits per heavy atom. The molecule has 0 aliphatic carbocycles. The predicted octanol–water partition coefficient (Wildman–Crippen LogP) is 2.33. The Labute approximate surface area is 131 Å². The van der Waals surface area contributed by atoms with E-state index in [0.717, 1.165) is 23.1 Å². The summed E-state index contributed by atoms with van der Waals surface area (Å²) < 4.78 is 0. The zero-order valence-corrected chi connectivity index (χ0v) is 13.5. The van der Waals surface area contributed by atoms with Crippen molar-refractivity contribution in [2.24, 2.45) is 0 Å². The van der Waals surface area contributed by atoms with Crippen molar-refractivity contribution in [3.63, 3.8) is 0 Å². The van der Waals surface area contributed by atoms with Crippen LogP contribution in [0.5, 0.6) is 0 Å². The molecule has 5 heteroatoms. The van der Waals surface area contributed by atoms with Gasteiger partial charge < -0.3 is 5.32 Å². The molecular weight excluding hydrogens is 280 g/mol. The zero-order chi connectivity index (χ0) is 16.5. The minimum absolute atomic E-state index is 0.0856. The molecule has 3 rings (SSSR count). The first-order valence-corrected chi connectivity index (χ1v) is 7.83. The Kier molecular flexibility index (Phi) is 7.29. The number of hydrogen-bond donors (Lipinski definition) is 2. The third-order valence-electron chi connectivity index (χ3n) is 3.37. The fraction of sp³-hybridized carbons (Fsp3) is 0.471. The number of carbonyl (C=O) groups is 3. The number of fused-ring (bicyclic) bond motifs is 1. The number of benzene rings is 1. The number of hydrogen-bond acceptors (Lipinski definition) is 3. The number of aryl methyl sites for hydroxylation is 1. The Balaban J connectivity index is 0.000000211. The maximum atomic E-state index is 11.3. The molecule has 0 spiro atoms. The Bertz CT molecular complexity index is 539. The van der Waals surface area contributed by atoms with Crippen LogP contribution in [0.2, 0.25) is 0 Å². The van der Waals surface area contributed by atoms with Crippen LogP contribution in [-0.4, -0.2) is 17.7 Å². The first-order chi connectivity index (χ1) is 10.6. The second-order valence-electron chi connectivity index (χ2n) is 4.81. The molecule has 3 amide bonds. The van der Waals surface area contributed by atoms with Crippen LogP contribution >= 0.6 is 0 Å². The quantitative estimate of drug-likeness (QED) is 0.782. The molecule has 1 fully saturated rings. The van der Waals surface area contributed by atoms with Crippen molar-refractivity contribution in [2.45, 2.75) is 53.0 Å². The predicted molar refractivity (Wildman–Crippen MR) is 85.3 cm³/mol. The largest absolute Gasteiger partial charge is 0.348 e. The van der Waals surface area contributed by atoms with E-state index in [-0.39, 0.29) is 17.7 Å². The number of nitrogens with one attached hydrogen (secondary N) is 2. The van der Waals surface area contributed by atoms with Gasteiger partial charge in [-0.05, 0) is 24.0 Å².